The Morgan fingerprint density at radius 3 is 2.68 bits per heavy atom. The minimum absolute atomic E-state index is 0.0588. The van der Waals surface area contributed by atoms with E-state index in [9.17, 15) is 8.78 Å². The molecule has 3 atom stereocenters. The van der Waals surface area contributed by atoms with Gasteiger partial charge in [-0.1, -0.05) is 18.2 Å². The van der Waals surface area contributed by atoms with Crippen LogP contribution in [0.3, 0.4) is 0 Å². The van der Waals surface area contributed by atoms with Crippen LogP contribution in [-0.2, 0) is 5.92 Å². The molecule has 19 heavy (non-hydrogen) atoms. The molecular weight excluding hydrogens is 252 g/mol. The summed E-state index contributed by atoms with van der Waals surface area (Å²) in [5.74, 6) is -3.20. The Hall–Kier alpha value is -1.08. The molecule has 1 fully saturated rings. The zero-order valence-corrected chi connectivity index (χ0v) is 11.0. The Bertz CT molecular complexity index is 442. The van der Waals surface area contributed by atoms with Gasteiger partial charge in [0.25, 0.3) is 5.92 Å². The number of rotatable bonds is 5. The summed E-state index contributed by atoms with van der Waals surface area (Å²) in [5.41, 5.74) is 6.61. The van der Waals surface area contributed by atoms with Crippen molar-refractivity contribution in [3.63, 3.8) is 0 Å². The van der Waals surface area contributed by atoms with Gasteiger partial charge in [0.1, 0.15) is 6.61 Å². The van der Waals surface area contributed by atoms with Crippen LogP contribution < -0.4 is 16.2 Å². The lowest BCUT2D eigenvalue weighted by Gasteiger charge is -2.39. The number of alkyl halides is 2. The van der Waals surface area contributed by atoms with Crippen molar-refractivity contribution in [3.8, 4) is 0 Å². The van der Waals surface area contributed by atoms with Gasteiger partial charge in [-0.15, -0.1) is 0 Å². The van der Waals surface area contributed by atoms with E-state index in [0.29, 0.717) is 6.04 Å². The van der Waals surface area contributed by atoms with E-state index >= 15 is 0 Å². The zero-order chi connectivity index (χ0) is 14.0. The van der Waals surface area contributed by atoms with E-state index < -0.39 is 12.5 Å². The van der Waals surface area contributed by atoms with E-state index in [0.717, 1.165) is 5.56 Å². The monoisotopic (exact) mass is 271 g/mol. The lowest BCUT2D eigenvalue weighted by molar-refractivity contribution is -0.0557. The molecule has 0 amide bonds. The minimum Gasteiger partial charge on any atom is -0.390 e. The van der Waals surface area contributed by atoms with Crippen molar-refractivity contribution in [2.24, 2.45) is 0 Å². The number of aliphatic hydroxyl groups is 1. The number of hydrogen-bond donors (Lipinski definition) is 4. The molecule has 1 saturated heterocycles. The Morgan fingerprint density at radius 2 is 2.16 bits per heavy atom. The molecule has 0 spiro atoms. The smallest absolute Gasteiger partial charge is 0.295 e. The average Bonchev–Trinajstić information content (AvgIpc) is 2.43. The fourth-order valence-corrected chi connectivity index (χ4v) is 2.01. The molecule has 0 saturated carbocycles. The minimum atomic E-state index is -3.20. The Kier molecular flexibility index (Phi) is 4.15. The molecular formula is C13H19F2N3O. The van der Waals surface area contributed by atoms with Gasteiger partial charge < -0.3 is 5.11 Å². The predicted molar refractivity (Wildman–Crippen MR) is 68.5 cm³/mol. The Balaban J connectivity index is 2.09. The lowest BCUT2D eigenvalue weighted by atomic mass is 10.0. The summed E-state index contributed by atoms with van der Waals surface area (Å²) in [6.45, 7) is 2.77. The van der Waals surface area contributed by atoms with Crippen LogP contribution in [0.5, 0.6) is 0 Å². The molecule has 0 radical (unpaired) electrons. The van der Waals surface area contributed by atoms with Crippen LogP contribution in [0.4, 0.5) is 8.78 Å². The second-order valence-corrected chi connectivity index (χ2v) is 4.93. The summed E-state index contributed by atoms with van der Waals surface area (Å²) in [6.07, 6.45) is 0.122. The van der Waals surface area contributed by atoms with Gasteiger partial charge in [0, 0.05) is 17.6 Å². The highest BCUT2D eigenvalue weighted by atomic mass is 19.3. The van der Waals surface area contributed by atoms with Crippen molar-refractivity contribution in [3.05, 3.63) is 35.4 Å². The van der Waals surface area contributed by atoms with Crippen LogP contribution in [0.1, 0.15) is 31.0 Å². The first kappa shape index (κ1) is 14.3. The van der Waals surface area contributed by atoms with E-state index in [1.807, 2.05) is 13.8 Å². The van der Waals surface area contributed by atoms with E-state index in [1.54, 1.807) is 12.1 Å². The molecule has 0 bridgehead atoms. The normalized spacial score (nSPS) is 24.9. The molecule has 106 valence electrons. The molecule has 1 unspecified atom stereocenters. The van der Waals surface area contributed by atoms with Gasteiger partial charge >= 0.3 is 0 Å². The second-order valence-electron chi connectivity index (χ2n) is 4.93. The number of aliphatic hydroxyl groups excluding tert-OH is 1. The quantitative estimate of drug-likeness (QED) is 0.651. The molecule has 0 aliphatic carbocycles. The summed E-state index contributed by atoms with van der Waals surface area (Å²) in [5, 5.41) is 12.0. The summed E-state index contributed by atoms with van der Waals surface area (Å²) in [6, 6.07) is 6.39. The summed E-state index contributed by atoms with van der Waals surface area (Å²) in [4.78, 5) is 0. The summed E-state index contributed by atoms with van der Waals surface area (Å²) < 4.78 is 26.9. The SMILES string of the molecule is C[C@@H]1NNC1N[C@H](C)c1cccc(C(F)(F)CO)c1. The van der Waals surface area contributed by atoms with Crippen molar-refractivity contribution in [2.75, 3.05) is 6.61 Å². The third-order valence-electron chi connectivity index (χ3n) is 3.40. The molecule has 1 aromatic carbocycles. The molecule has 4 nitrogen and oxygen atoms in total. The van der Waals surface area contributed by atoms with Gasteiger partial charge in [-0.05, 0) is 25.5 Å². The van der Waals surface area contributed by atoms with Gasteiger partial charge in [-0.3, -0.25) is 10.7 Å². The zero-order valence-electron chi connectivity index (χ0n) is 11.0. The van der Waals surface area contributed by atoms with E-state index in [-0.39, 0.29) is 17.8 Å². The van der Waals surface area contributed by atoms with Crippen molar-refractivity contribution in [1.82, 2.24) is 16.2 Å². The highest BCUT2D eigenvalue weighted by Crippen LogP contribution is 2.29. The highest BCUT2D eigenvalue weighted by molar-refractivity contribution is 5.29. The fraction of sp³-hybridized carbons (Fsp3) is 0.538. The third-order valence-corrected chi connectivity index (χ3v) is 3.40. The summed E-state index contributed by atoms with van der Waals surface area (Å²) >= 11 is 0. The first-order chi connectivity index (χ1) is 8.94. The van der Waals surface area contributed by atoms with Crippen molar-refractivity contribution in [1.29, 1.82) is 0 Å². The van der Waals surface area contributed by atoms with Crippen LogP contribution in [0.15, 0.2) is 24.3 Å². The molecule has 2 rings (SSSR count). The van der Waals surface area contributed by atoms with Gasteiger partial charge in [0.2, 0.25) is 0 Å². The molecule has 1 heterocycles. The summed E-state index contributed by atoms with van der Waals surface area (Å²) in [7, 11) is 0. The maximum atomic E-state index is 13.4. The first-order valence-electron chi connectivity index (χ1n) is 6.30. The maximum Gasteiger partial charge on any atom is 0.295 e. The predicted octanol–water partition coefficient (Wildman–Crippen LogP) is 1.24. The van der Waals surface area contributed by atoms with E-state index in [2.05, 4.69) is 16.2 Å². The number of halogens is 2. The van der Waals surface area contributed by atoms with Crippen LogP contribution in [0, 0.1) is 0 Å². The van der Waals surface area contributed by atoms with Gasteiger partial charge in [0.05, 0.1) is 6.17 Å². The second kappa shape index (κ2) is 5.50. The molecule has 6 heteroatoms. The first-order valence-corrected chi connectivity index (χ1v) is 6.30. The van der Waals surface area contributed by atoms with Crippen LogP contribution in [-0.4, -0.2) is 23.9 Å². The van der Waals surface area contributed by atoms with Gasteiger partial charge in [-0.2, -0.15) is 8.78 Å². The van der Waals surface area contributed by atoms with Gasteiger partial charge in [0.15, 0.2) is 0 Å². The fourth-order valence-electron chi connectivity index (χ4n) is 2.01. The van der Waals surface area contributed by atoms with E-state index in [1.165, 1.54) is 12.1 Å². The molecule has 1 aromatic rings. The van der Waals surface area contributed by atoms with Gasteiger partial charge in [-0.25, -0.2) is 5.43 Å². The van der Waals surface area contributed by atoms with Crippen molar-refractivity contribution in [2.45, 2.75) is 38.0 Å². The van der Waals surface area contributed by atoms with Crippen LogP contribution in [0.2, 0.25) is 0 Å². The van der Waals surface area contributed by atoms with Crippen LogP contribution >= 0.6 is 0 Å². The number of hydrogen-bond acceptors (Lipinski definition) is 4. The number of hydrazine groups is 1. The van der Waals surface area contributed by atoms with E-state index in [4.69, 9.17) is 5.11 Å². The van der Waals surface area contributed by atoms with Crippen molar-refractivity contribution >= 4 is 0 Å². The standard InChI is InChI=1S/C13H19F2N3O/c1-8(16-12-9(2)17-18-12)10-4-3-5-11(6-10)13(14,15)7-19/h3-6,8-9,12,16-19H,7H2,1-2H3/t8-,9+,12?/m1/s1. The molecule has 1 aliphatic rings. The average molecular weight is 271 g/mol. The lowest BCUT2D eigenvalue weighted by Crippen LogP contribution is -2.71. The molecule has 4 N–H and O–H groups in total. The molecule has 1 aliphatic heterocycles. The topological polar surface area (TPSA) is 56.3 Å². The van der Waals surface area contributed by atoms with Crippen molar-refractivity contribution < 1.29 is 13.9 Å². The maximum absolute atomic E-state index is 13.4. The Morgan fingerprint density at radius 1 is 1.42 bits per heavy atom. The number of nitrogens with one attached hydrogen (secondary N) is 3. The molecule has 0 aromatic heterocycles. The van der Waals surface area contributed by atoms with Crippen LogP contribution in [0.25, 0.3) is 0 Å². The third kappa shape index (κ3) is 3.09. The number of benzene rings is 1. The Labute approximate surface area is 111 Å². The largest absolute Gasteiger partial charge is 0.390 e. The highest BCUT2D eigenvalue weighted by Gasteiger charge is 2.31.